The quantitative estimate of drug-likeness (QED) is 0.206. The molecular weight excluding hydrogens is 457 g/mol. The number of nitrogens with one attached hydrogen (secondary N) is 2. The Balaban J connectivity index is 0.00000312. The summed E-state index contributed by atoms with van der Waals surface area (Å²) >= 11 is 1.79. The highest BCUT2D eigenvalue weighted by molar-refractivity contribution is 14.0. The van der Waals surface area contributed by atoms with Gasteiger partial charge in [0.2, 0.25) is 0 Å². The van der Waals surface area contributed by atoms with Gasteiger partial charge in [-0.05, 0) is 18.6 Å². The molecule has 25 heavy (non-hydrogen) atoms. The minimum atomic E-state index is -0.516. The summed E-state index contributed by atoms with van der Waals surface area (Å²) in [6, 6.07) is 4.08. The molecule has 140 valence electrons. The zero-order valence-electron chi connectivity index (χ0n) is 14.3. The monoisotopic (exact) mass is 482 g/mol. The summed E-state index contributed by atoms with van der Waals surface area (Å²) in [5.41, 5.74) is 0.0607. The molecule has 1 atom stereocenters. The Kier molecular flexibility index (Phi) is 10.2. The fourth-order valence-corrected chi connectivity index (χ4v) is 3.25. The Labute approximate surface area is 169 Å². The molecule has 8 heteroatoms. The van der Waals surface area contributed by atoms with Gasteiger partial charge >= 0.3 is 0 Å². The Morgan fingerprint density at radius 3 is 2.80 bits per heavy atom. The van der Waals surface area contributed by atoms with Gasteiger partial charge in [-0.3, -0.25) is 4.99 Å². The largest absolute Gasteiger partial charge is 0.365 e. The van der Waals surface area contributed by atoms with Gasteiger partial charge in [0, 0.05) is 44.2 Å². The maximum absolute atomic E-state index is 13.9. The van der Waals surface area contributed by atoms with Crippen LogP contribution in [0, 0.1) is 11.6 Å². The number of aliphatic imine (C=N–C) groups is 1. The van der Waals surface area contributed by atoms with Crippen molar-refractivity contribution in [3.63, 3.8) is 0 Å². The number of benzene rings is 1. The molecular formula is C17H25F2IN4S. The van der Waals surface area contributed by atoms with Gasteiger partial charge in [-0.1, -0.05) is 12.1 Å². The van der Waals surface area contributed by atoms with Crippen molar-refractivity contribution in [2.75, 3.05) is 43.1 Å². The van der Waals surface area contributed by atoms with E-state index in [0.717, 1.165) is 30.4 Å². The predicted octanol–water partition coefficient (Wildman–Crippen LogP) is 3.25. The number of hydrogen-bond donors (Lipinski definition) is 2. The molecule has 1 unspecified atom stereocenters. The van der Waals surface area contributed by atoms with E-state index < -0.39 is 11.6 Å². The van der Waals surface area contributed by atoms with Crippen molar-refractivity contribution < 1.29 is 8.78 Å². The Bertz CT molecular complexity index is 566. The molecule has 0 aromatic heterocycles. The summed E-state index contributed by atoms with van der Waals surface area (Å²) in [6.07, 6.45) is 2.69. The van der Waals surface area contributed by atoms with E-state index in [9.17, 15) is 8.78 Å². The van der Waals surface area contributed by atoms with E-state index in [0.29, 0.717) is 13.1 Å². The van der Waals surface area contributed by atoms with Gasteiger partial charge in [0.25, 0.3) is 0 Å². The lowest BCUT2D eigenvalue weighted by Crippen LogP contribution is -2.45. The molecule has 4 nitrogen and oxygen atoms in total. The third-order valence-electron chi connectivity index (χ3n) is 3.78. The fraction of sp³-hybridized carbons (Fsp3) is 0.471. The van der Waals surface area contributed by atoms with Crippen molar-refractivity contribution in [3.8, 4) is 0 Å². The normalized spacial score (nSPS) is 17.2. The van der Waals surface area contributed by atoms with Crippen LogP contribution in [0.1, 0.15) is 6.42 Å². The fourth-order valence-electron chi connectivity index (χ4n) is 2.67. The molecule has 0 amide bonds. The van der Waals surface area contributed by atoms with Gasteiger partial charge in [0.1, 0.15) is 17.3 Å². The summed E-state index contributed by atoms with van der Waals surface area (Å²) in [7, 11) is 1.72. The number of halogens is 3. The van der Waals surface area contributed by atoms with Gasteiger partial charge in [-0.25, -0.2) is 8.78 Å². The van der Waals surface area contributed by atoms with E-state index in [4.69, 9.17) is 0 Å². The maximum Gasteiger partial charge on any atom is 0.191 e. The molecule has 1 aromatic rings. The van der Waals surface area contributed by atoms with Crippen LogP contribution in [0.2, 0.25) is 0 Å². The molecule has 1 aliphatic rings. The number of hydrogen-bond acceptors (Lipinski definition) is 3. The first-order chi connectivity index (χ1) is 11.7. The second-order valence-corrected chi connectivity index (χ2v) is 6.66. The van der Waals surface area contributed by atoms with Crippen molar-refractivity contribution in [1.29, 1.82) is 0 Å². The number of rotatable bonds is 7. The van der Waals surface area contributed by atoms with Gasteiger partial charge in [0.15, 0.2) is 5.96 Å². The van der Waals surface area contributed by atoms with Crippen LogP contribution in [0.3, 0.4) is 0 Å². The standard InChI is InChI=1S/C17H24F2N4S.HI/c1-3-10-24-11-8-21-17(20-2)22-13-7-9-23(12-13)16-14(18)5-4-6-15(16)19;/h3-6,13H,1,7-12H2,2H3,(H2,20,21,22);1H. The number of thioether (sulfide) groups is 1. The van der Waals surface area contributed by atoms with Gasteiger partial charge in [-0.15, -0.1) is 30.6 Å². The zero-order chi connectivity index (χ0) is 17.4. The van der Waals surface area contributed by atoms with Crippen LogP contribution in [-0.2, 0) is 0 Å². The van der Waals surface area contributed by atoms with Crippen molar-refractivity contribution in [3.05, 3.63) is 42.5 Å². The minimum Gasteiger partial charge on any atom is -0.365 e. The molecule has 0 bridgehead atoms. The average molecular weight is 482 g/mol. The lowest BCUT2D eigenvalue weighted by atomic mass is 10.2. The average Bonchev–Trinajstić information content (AvgIpc) is 3.01. The predicted molar refractivity (Wildman–Crippen MR) is 114 cm³/mol. The lowest BCUT2D eigenvalue weighted by molar-refractivity contribution is 0.576. The first-order valence-corrected chi connectivity index (χ1v) is 9.16. The highest BCUT2D eigenvalue weighted by atomic mass is 127. The second kappa shape index (κ2) is 11.6. The smallest absolute Gasteiger partial charge is 0.191 e. The van der Waals surface area contributed by atoms with Crippen LogP contribution in [0.25, 0.3) is 0 Å². The molecule has 0 spiro atoms. The van der Waals surface area contributed by atoms with Crippen molar-refractivity contribution in [2.45, 2.75) is 12.5 Å². The van der Waals surface area contributed by atoms with E-state index in [2.05, 4.69) is 22.2 Å². The molecule has 1 saturated heterocycles. The van der Waals surface area contributed by atoms with Crippen molar-refractivity contribution in [2.24, 2.45) is 4.99 Å². The minimum absolute atomic E-state index is 0. The van der Waals surface area contributed by atoms with Gasteiger partial charge in [0.05, 0.1) is 0 Å². The van der Waals surface area contributed by atoms with Crippen LogP contribution in [0.4, 0.5) is 14.5 Å². The number of nitrogens with zero attached hydrogens (tertiary/aromatic N) is 2. The summed E-state index contributed by atoms with van der Waals surface area (Å²) in [5.74, 6) is 1.58. The molecule has 1 aromatic carbocycles. The van der Waals surface area contributed by atoms with Crippen LogP contribution in [0.15, 0.2) is 35.8 Å². The van der Waals surface area contributed by atoms with Gasteiger partial charge in [-0.2, -0.15) is 11.8 Å². The number of para-hydroxylation sites is 1. The van der Waals surface area contributed by atoms with E-state index in [1.165, 1.54) is 18.2 Å². The molecule has 0 saturated carbocycles. The number of anilines is 1. The van der Waals surface area contributed by atoms with E-state index in [1.54, 1.807) is 23.7 Å². The van der Waals surface area contributed by atoms with Crippen molar-refractivity contribution >= 4 is 47.4 Å². The van der Waals surface area contributed by atoms with E-state index >= 15 is 0 Å². The van der Waals surface area contributed by atoms with Crippen LogP contribution in [-0.4, -0.2) is 50.2 Å². The number of guanidine groups is 1. The molecule has 1 fully saturated rings. The molecule has 0 aliphatic carbocycles. The Morgan fingerprint density at radius 2 is 2.16 bits per heavy atom. The third kappa shape index (κ3) is 6.65. The first kappa shape index (κ1) is 22.0. The van der Waals surface area contributed by atoms with Crippen LogP contribution in [0.5, 0.6) is 0 Å². The summed E-state index contributed by atoms with van der Waals surface area (Å²) in [6.45, 7) is 5.65. The molecule has 2 N–H and O–H groups in total. The third-order valence-corrected chi connectivity index (χ3v) is 4.75. The summed E-state index contributed by atoms with van der Waals surface area (Å²) in [5, 5.41) is 6.57. The highest BCUT2D eigenvalue weighted by Gasteiger charge is 2.27. The van der Waals surface area contributed by atoms with Gasteiger partial charge < -0.3 is 15.5 Å². The Hall–Kier alpha value is -1.03. The summed E-state index contributed by atoms with van der Waals surface area (Å²) < 4.78 is 27.8. The van der Waals surface area contributed by atoms with E-state index in [-0.39, 0.29) is 35.7 Å². The zero-order valence-corrected chi connectivity index (χ0v) is 17.5. The Morgan fingerprint density at radius 1 is 1.44 bits per heavy atom. The van der Waals surface area contributed by atoms with Crippen molar-refractivity contribution in [1.82, 2.24) is 10.6 Å². The molecule has 1 aliphatic heterocycles. The lowest BCUT2D eigenvalue weighted by Gasteiger charge is -2.21. The topological polar surface area (TPSA) is 39.7 Å². The van der Waals surface area contributed by atoms with E-state index in [1.807, 2.05) is 6.08 Å². The van der Waals surface area contributed by atoms with Crippen LogP contribution >= 0.6 is 35.7 Å². The SMILES string of the molecule is C=CCSCCNC(=NC)NC1CCN(c2c(F)cccc2F)C1.I. The second-order valence-electron chi connectivity index (χ2n) is 5.51. The molecule has 2 rings (SSSR count). The molecule has 0 radical (unpaired) electrons. The molecule has 1 heterocycles. The summed E-state index contributed by atoms with van der Waals surface area (Å²) in [4.78, 5) is 5.95. The van der Waals surface area contributed by atoms with Crippen LogP contribution < -0.4 is 15.5 Å². The highest BCUT2D eigenvalue weighted by Crippen LogP contribution is 2.26. The maximum atomic E-state index is 13.9. The first-order valence-electron chi connectivity index (χ1n) is 8.00.